The van der Waals surface area contributed by atoms with E-state index in [1.54, 1.807) is 12.3 Å². The van der Waals surface area contributed by atoms with Crippen molar-refractivity contribution < 1.29 is 29.0 Å². The molecule has 1 aromatic heterocycles. The maximum Gasteiger partial charge on any atom is 0.325 e. The zero-order valence-electron chi connectivity index (χ0n) is 22.1. The molecule has 3 heterocycles. The summed E-state index contributed by atoms with van der Waals surface area (Å²) in [7, 11) is 0. The third-order valence-corrected chi connectivity index (χ3v) is 7.77. The zero-order valence-corrected chi connectivity index (χ0v) is 22.9. The molecule has 0 saturated carbocycles. The molecule has 0 bridgehead atoms. The lowest BCUT2D eigenvalue weighted by molar-refractivity contribution is -0.134. The summed E-state index contributed by atoms with van der Waals surface area (Å²) in [4.78, 5) is 46.0. The Balaban J connectivity index is 1.40. The number of amides is 4. The van der Waals surface area contributed by atoms with Crippen molar-refractivity contribution in [3.05, 3.63) is 94.8 Å². The molecule has 0 radical (unpaired) electrons. The molecule has 11 heteroatoms. The van der Waals surface area contributed by atoms with Crippen molar-refractivity contribution in [1.29, 1.82) is 0 Å². The van der Waals surface area contributed by atoms with Crippen molar-refractivity contribution in [2.45, 2.75) is 57.2 Å². The third-order valence-electron chi connectivity index (χ3n) is 7.00. The van der Waals surface area contributed by atoms with Gasteiger partial charge in [-0.3, -0.25) is 9.59 Å². The molecule has 1 unspecified atom stereocenters. The summed E-state index contributed by atoms with van der Waals surface area (Å²) in [5.74, 6) is -1.19. The van der Waals surface area contributed by atoms with Crippen LogP contribution < -0.4 is 10.6 Å². The van der Waals surface area contributed by atoms with Crippen molar-refractivity contribution in [2.24, 2.45) is 0 Å². The first-order valence-electron chi connectivity index (χ1n) is 13.1. The van der Waals surface area contributed by atoms with Gasteiger partial charge in [0.15, 0.2) is 22.7 Å². The van der Waals surface area contributed by atoms with Gasteiger partial charge in [-0.2, -0.15) is 0 Å². The number of carbonyl (C=O) groups is 3. The number of aromatic nitrogens is 1. The Hall–Kier alpha value is -4.22. The highest BCUT2D eigenvalue weighted by molar-refractivity contribution is 7.13. The van der Waals surface area contributed by atoms with Crippen molar-refractivity contribution in [2.75, 3.05) is 5.32 Å². The van der Waals surface area contributed by atoms with Crippen LogP contribution in [0.25, 0.3) is 0 Å². The third kappa shape index (κ3) is 5.56. The summed E-state index contributed by atoms with van der Waals surface area (Å²) < 4.78 is 11.5. The number of anilines is 1. The summed E-state index contributed by atoms with van der Waals surface area (Å²) in [5, 5.41) is 17.4. The van der Waals surface area contributed by atoms with E-state index >= 15 is 0 Å². The lowest BCUT2D eigenvalue weighted by Gasteiger charge is -2.29. The van der Waals surface area contributed by atoms with Gasteiger partial charge >= 0.3 is 6.03 Å². The molecule has 208 valence electrons. The highest BCUT2D eigenvalue weighted by atomic mass is 32.1. The van der Waals surface area contributed by atoms with Crippen LogP contribution in [-0.2, 0) is 19.1 Å². The summed E-state index contributed by atoms with van der Waals surface area (Å²) >= 11 is 1.16. The number of aliphatic hydroxyl groups is 1. The van der Waals surface area contributed by atoms with Gasteiger partial charge in [-0.1, -0.05) is 62.4 Å². The van der Waals surface area contributed by atoms with Gasteiger partial charge in [0, 0.05) is 11.3 Å². The fourth-order valence-electron chi connectivity index (χ4n) is 4.76. The Kier molecular flexibility index (Phi) is 8.13. The fraction of sp³-hybridized carbons (Fsp3) is 0.310. The molecule has 1 aromatic carbocycles. The maximum absolute atomic E-state index is 13.8. The minimum Gasteiger partial charge on any atom is -0.465 e. The quantitative estimate of drug-likeness (QED) is 0.380. The molecule has 5 rings (SSSR count). The standard InChI is InChI=1S/C29H30N4O6S/c1-3-21(34)20-16-40-28(30-20)32-26(35)25(17(2)18-10-6-4-7-11-18)33-27(36)24(31-29(33)37)23-15-38-14-22(39-23)19-12-8-5-9-13-19/h4-8,10-12,14-17,21,24-25,34H,3,9,13H2,1-2H3,(H,31,37)(H,30,32,35)/t17-,21?,24+,25-/m0/s1. The number of hydrogen-bond donors (Lipinski definition) is 3. The van der Waals surface area contributed by atoms with Gasteiger partial charge in [-0.15, -0.1) is 11.3 Å². The topological polar surface area (TPSA) is 130 Å². The molecule has 3 aliphatic rings. The molecule has 1 fully saturated rings. The van der Waals surface area contributed by atoms with Gasteiger partial charge in [0.25, 0.3) is 5.91 Å². The number of benzene rings is 1. The van der Waals surface area contributed by atoms with Crippen LogP contribution in [-0.4, -0.2) is 44.9 Å². The Morgan fingerprint density at radius 1 is 1.27 bits per heavy atom. The number of nitrogens with zero attached hydrogens (tertiary/aromatic N) is 2. The molecule has 0 spiro atoms. The largest absolute Gasteiger partial charge is 0.465 e. The lowest BCUT2D eigenvalue weighted by Crippen LogP contribution is -2.50. The van der Waals surface area contributed by atoms with Crippen molar-refractivity contribution in [3.8, 4) is 0 Å². The molecule has 4 atom stereocenters. The summed E-state index contributed by atoms with van der Waals surface area (Å²) in [5.41, 5.74) is 2.12. The molecule has 4 amide bonds. The average molecular weight is 563 g/mol. The predicted molar refractivity (Wildman–Crippen MR) is 149 cm³/mol. The van der Waals surface area contributed by atoms with Crippen molar-refractivity contribution >= 4 is 34.3 Å². The highest BCUT2D eigenvalue weighted by Crippen LogP contribution is 2.32. The van der Waals surface area contributed by atoms with E-state index in [9.17, 15) is 19.5 Å². The van der Waals surface area contributed by atoms with Crippen LogP contribution >= 0.6 is 11.3 Å². The average Bonchev–Trinajstić information content (AvgIpc) is 3.57. The fourth-order valence-corrected chi connectivity index (χ4v) is 5.52. The molecular formula is C29H30N4O6S. The Morgan fingerprint density at radius 3 is 2.80 bits per heavy atom. The monoisotopic (exact) mass is 562 g/mol. The van der Waals surface area contributed by atoms with E-state index in [0.717, 1.165) is 40.2 Å². The van der Waals surface area contributed by atoms with Crippen LogP contribution in [0.15, 0.2) is 83.6 Å². The van der Waals surface area contributed by atoms with Crippen LogP contribution in [0.1, 0.15) is 56.4 Å². The number of carbonyl (C=O) groups excluding carboxylic acids is 3. The molecule has 1 saturated heterocycles. The first-order chi connectivity index (χ1) is 19.4. The van der Waals surface area contributed by atoms with E-state index in [2.05, 4.69) is 15.6 Å². The smallest absolute Gasteiger partial charge is 0.325 e. The first kappa shape index (κ1) is 27.4. The van der Waals surface area contributed by atoms with E-state index in [4.69, 9.17) is 9.47 Å². The number of ether oxygens (including phenoxy) is 2. The molecule has 10 nitrogen and oxygen atoms in total. The number of nitrogens with one attached hydrogen (secondary N) is 2. The number of thiazole rings is 1. The normalized spacial score (nSPS) is 20.8. The highest BCUT2D eigenvalue weighted by Gasteiger charge is 2.49. The van der Waals surface area contributed by atoms with Gasteiger partial charge in [0.05, 0.1) is 11.8 Å². The number of allylic oxidation sites excluding steroid dienone is 4. The van der Waals surface area contributed by atoms with E-state index in [-0.39, 0.29) is 10.9 Å². The number of urea groups is 1. The van der Waals surface area contributed by atoms with E-state index < -0.39 is 42.0 Å². The second kappa shape index (κ2) is 11.9. The van der Waals surface area contributed by atoms with E-state index in [1.807, 2.05) is 55.5 Å². The first-order valence-corrected chi connectivity index (χ1v) is 14.0. The molecule has 3 N–H and O–H groups in total. The van der Waals surface area contributed by atoms with Gasteiger partial charge in [0.2, 0.25) is 5.91 Å². The van der Waals surface area contributed by atoms with Crippen LogP contribution in [0.4, 0.5) is 9.93 Å². The Bertz CT molecular complexity index is 1410. The maximum atomic E-state index is 13.8. The molecule has 2 aromatic rings. The van der Waals surface area contributed by atoms with Gasteiger partial charge in [-0.05, 0) is 30.4 Å². The SMILES string of the molecule is CCC(O)c1csc(NC(=O)[C@H]([C@@H](C)c2ccccc2)N2C(=O)N[C@H](C3=COC=C(C4=CC=CCC4)O3)C2=O)n1. The molecular weight excluding hydrogens is 532 g/mol. The van der Waals surface area contributed by atoms with Gasteiger partial charge < -0.3 is 25.2 Å². The number of imide groups is 1. The van der Waals surface area contributed by atoms with Crippen molar-refractivity contribution in [1.82, 2.24) is 15.2 Å². The van der Waals surface area contributed by atoms with Gasteiger partial charge in [-0.25, -0.2) is 14.7 Å². The minimum absolute atomic E-state index is 0.124. The second-order valence-electron chi connectivity index (χ2n) is 9.62. The van der Waals surface area contributed by atoms with Crippen molar-refractivity contribution in [3.63, 3.8) is 0 Å². The van der Waals surface area contributed by atoms with Gasteiger partial charge in [0.1, 0.15) is 18.6 Å². The van der Waals surface area contributed by atoms with Crippen LogP contribution in [0.2, 0.25) is 0 Å². The van der Waals surface area contributed by atoms with E-state index in [1.165, 1.54) is 12.5 Å². The van der Waals surface area contributed by atoms with Crippen LogP contribution in [0, 0.1) is 0 Å². The zero-order chi connectivity index (χ0) is 28.2. The number of aliphatic hydroxyl groups excluding tert-OH is 1. The van der Waals surface area contributed by atoms with Crippen LogP contribution in [0.3, 0.4) is 0 Å². The molecule has 1 aliphatic carbocycles. The minimum atomic E-state index is -1.20. The van der Waals surface area contributed by atoms with E-state index in [0.29, 0.717) is 17.9 Å². The van der Waals surface area contributed by atoms with Crippen LogP contribution in [0.5, 0.6) is 0 Å². The molecule has 2 aliphatic heterocycles. The summed E-state index contributed by atoms with van der Waals surface area (Å²) in [6, 6.07) is 6.09. The number of rotatable bonds is 9. The Labute approximate surface area is 235 Å². The predicted octanol–water partition coefficient (Wildman–Crippen LogP) is 4.62. The Morgan fingerprint density at radius 2 is 2.08 bits per heavy atom. The summed E-state index contributed by atoms with van der Waals surface area (Å²) in [6.07, 6.45) is 9.94. The lowest BCUT2D eigenvalue weighted by atomic mass is 9.91. The number of hydrogen-bond acceptors (Lipinski definition) is 8. The molecule has 40 heavy (non-hydrogen) atoms. The summed E-state index contributed by atoms with van der Waals surface area (Å²) in [6.45, 7) is 3.61. The second-order valence-corrected chi connectivity index (χ2v) is 10.5.